The topological polar surface area (TPSA) is 100 Å². The summed E-state index contributed by atoms with van der Waals surface area (Å²) in [5, 5.41) is 17.1. The molecule has 8 nitrogen and oxygen atoms in total. The summed E-state index contributed by atoms with van der Waals surface area (Å²) in [4.78, 5) is 25.6. The van der Waals surface area contributed by atoms with Gasteiger partial charge in [0.1, 0.15) is 5.82 Å². The lowest BCUT2D eigenvalue weighted by Gasteiger charge is -2.40. The number of urea groups is 1. The number of fused-ring (bicyclic) bond motifs is 1. The lowest BCUT2D eigenvalue weighted by Crippen LogP contribution is -2.59. The Balaban J connectivity index is 1.42. The SMILES string of the molecule is Cc1ccc(NC(=O)Nc2cc(-c3ccccc3)nn2C2NC(=O)C3CCCCC3N2)cc1. The van der Waals surface area contributed by atoms with E-state index in [0.717, 1.165) is 36.8 Å². The number of aromatic nitrogens is 2. The zero-order valence-electron chi connectivity index (χ0n) is 18.5. The van der Waals surface area contributed by atoms with Crippen LogP contribution in [0.2, 0.25) is 0 Å². The van der Waals surface area contributed by atoms with E-state index in [9.17, 15) is 9.59 Å². The van der Waals surface area contributed by atoms with Gasteiger partial charge in [0.2, 0.25) is 5.91 Å². The predicted molar refractivity (Wildman–Crippen MR) is 128 cm³/mol. The molecule has 4 N–H and O–H groups in total. The second kappa shape index (κ2) is 9.07. The molecule has 2 aliphatic rings. The smallest absolute Gasteiger partial charge is 0.322 e. The maximum Gasteiger partial charge on any atom is 0.324 e. The number of carbonyl (C=O) groups excluding carboxylic acids is 2. The zero-order valence-corrected chi connectivity index (χ0v) is 18.5. The van der Waals surface area contributed by atoms with Crippen molar-refractivity contribution in [3.63, 3.8) is 0 Å². The molecule has 0 bridgehead atoms. The van der Waals surface area contributed by atoms with Crippen molar-refractivity contribution in [2.45, 2.75) is 44.9 Å². The highest BCUT2D eigenvalue weighted by atomic mass is 16.2. The predicted octanol–water partition coefficient (Wildman–Crippen LogP) is 4.24. The number of carbonyl (C=O) groups is 2. The van der Waals surface area contributed by atoms with Crippen LogP contribution in [-0.2, 0) is 4.79 Å². The second-order valence-corrected chi connectivity index (χ2v) is 8.75. The van der Waals surface area contributed by atoms with Crippen molar-refractivity contribution in [1.82, 2.24) is 20.4 Å². The van der Waals surface area contributed by atoms with Gasteiger partial charge in [-0.3, -0.25) is 15.4 Å². The normalized spacial score (nSPS) is 22.2. The molecule has 3 aromatic rings. The molecule has 2 aromatic carbocycles. The summed E-state index contributed by atoms with van der Waals surface area (Å²) < 4.78 is 1.65. The van der Waals surface area contributed by atoms with Gasteiger partial charge in [0, 0.05) is 23.4 Å². The van der Waals surface area contributed by atoms with E-state index in [1.165, 1.54) is 0 Å². The largest absolute Gasteiger partial charge is 0.324 e. The van der Waals surface area contributed by atoms with E-state index in [-0.39, 0.29) is 23.9 Å². The van der Waals surface area contributed by atoms with Crippen LogP contribution in [0.25, 0.3) is 11.3 Å². The van der Waals surface area contributed by atoms with Crippen molar-refractivity contribution in [2.75, 3.05) is 10.6 Å². The number of hydrogen-bond donors (Lipinski definition) is 4. The standard InChI is InChI=1S/C25H28N6O2/c1-16-11-13-18(14-12-16)26-25(33)28-22-15-21(17-7-3-2-4-8-17)30-31(22)24-27-20-10-6-5-9-19(20)23(32)29-24/h2-4,7-8,11-15,19-20,24,27H,5-6,9-10H2,1H3,(H,29,32)(H2,26,28,33). The van der Waals surface area contributed by atoms with Crippen LogP contribution in [0, 0.1) is 12.8 Å². The number of nitrogens with zero attached hydrogens (tertiary/aromatic N) is 2. The van der Waals surface area contributed by atoms with Crippen molar-refractivity contribution in [3.8, 4) is 11.3 Å². The second-order valence-electron chi connectivity index (χ2n) is 8.75. The van der Waals surface area contributed by atoms with Crippen LogP contribution >= 0.6 is 0 Å². The molecule has 1 saturated heterocycles. The van der Waals surface area contributed by atoms with E-state index in [4.69, 9.17) is 5.10 Å². The van der Waals surface area contributed by atoms with Crippen LogP contribution in [0.5, 0.6) is 0 Å². The van der Waals surface area contributed by atoms with Gasteiger partial charge in [0.25, 0.3) is 0 Å². The number of hydrogen-bond acceptors (Lipinski definition) is 4. The third kappa shape index (κ3) is 4.61. The summed E-state index contributed by atoms with van der Waals surface area (Å²) in [6.07, 6.45) is 3.50. The van der Waals surface area contributed by atoms with Gasteiger partial charge in [0.15, 0.2) is 6.29 Å². The average molecular weight is 445 g/mol. The lowest BCUT2D eigenvalue weighted by atomic mass is 9.83. The Morgan fingerprint density at radius 2 is 1.79 bits per heavy atom. The van der Waals surface area contributed by atoms with Crippen molar-refractivity contribution in [1.29, 1.82) is 0 Å². The Hall–Kier alpha value is -3.65. The lowest BCUT2D eigenvalue weighted by molar-refractivity contribution is -0.132. The molecule has 3 amide bonds. The fourth-order valence-corrected chi connectivity index (χ4v) is 4.61. The third-order valence-electron chi connectivity index (χ3n) is 6.35. The first kappa shape index (κ1) is 21.2. The summed E-state index contributed by atoms with van der Waals surface area (Å²) in [5.41, 5.74) is 3.45. The maximum absolute atomic E-state index is 12.8. The van der Waals surface area contributed by atoms with E-state index in [2.05, 4.69) is 21.3 Å². The molecule has 2 fully saturated rings. The van der Waals surface area contributed by atoms with Crippen molar-refractivity contribution < 1.29 is 9.59 Å². The molecule has 5 rings (SSSR count). The van der Waals surface area contributed by atoms with Gasteiger partial charge < -0.3 is 10.6 Å². The molecule has 1 saturated carbocycles. The first-order valence-corrected chi connectivity index (χ1v) is 11.4. The van der Waals surface area contributed by atoms with Gasteiger partial charge in [-0.15, -0.1) is 0 Å². The van der Waals surface area contributed by atoms with Crippen LogP contribution in [0.15, 0.2) is 60.7 Å². The van der Waals surface area contributed by atoms with E-state index < -0.39 is 6.29 Å². The quantitative estimate of drug-likeness (QED) is 0.484. The van der Waals surface area contributed by atoms with Crippen molar-refractivity contribution >= 4 is 23.4 Å². The minimum absolute atomic E-state index is 0.0135. The first-order valence-electron chi connectivity index (χ1n) is 11.4. The maximum atomic E-state index is 12.8. The van der Waals surface area contributed by atoms with E-state index in [1.54, 1.807) is 4.68 Å². The van der Waals surface area contributed by atoms with Gasteiger partial charge in [-0.1, -0.05) is 60.9 Å². The molecule has 33 heavy (non-hydrogen) atoms. The fourth-order valence-electron chi connectivity index (χ4n) is 4.61. The van der Waals surface area contributed by atoms with Gasteiger partial charge in [-0.2, -0.15) is 5.10 Å². The highest BCUT2D eigenvalue weighted by Gasteiger charge is 2.38. The summed E-state index contributed by atoms with van der Waals surface area (Å²) in [6.45, 7) is 2.00. The molecule has 1 aliphatic heterocycles. The molecule has 3 atom stereocenters. The molecule has 170 valence electrons. The van der Waals surface area contributed by atoms with Crippen LogP contribution in [-0.4, -0.2) is 27.8 Å². The van der Waals surface area contributed by atoms with Gasteiger partial charge >= 0.3 is 6.03 Å². The first-order chi connectivity index (χ1) is 16.1. The van der Waals surface area contributed by atoms with E-state index >= 15 is 0 Å². The molecule has 1 aromatic heterocycles. The molecular formula is C25H28N6O2. The van der Waals surface area contributed by atoms with Gasteiger partial charge in [-0.05, 0) is 31.9 Å². The number of benzene rings is 2. The number of anilines is 2. The van der Waals surface area contributed by atoms with Crippen LogP contribution in [0.4, 0.5) is 16.3 Å². The molecule has 0 radical (unpaired) electrons. The van der Waals surface area contributed by atoms with Crippen molar-refractivity contribution in [3.05, 3.63) is 66.2 Å². The molecular weight excluding hydrogens is 416 g/mol. The molecule has 8 heteroatoms. The summed E-state index contributed by atoms with van der Waals surface area (Å²) in [6, 6.07) is 18.9. The monoisotopic (exact) mass is 444 g/mol. The van der Waals surface area contributed by atoms with Gasteiger partial charge in [0.05, 0.1) is 11.6 Å². The summed E-state index contributed by atoms with van der Waals surface area (Å²) in [5.74, 6) is 0.515. The fraction of sp³-hybridized carbons (Fsp3) is 0.320. The Labute approximate surface area is 192 Å². The van der Waals surface area contributed by atoms with Crippen LogP contribution in [0.3, 0.4) is 0 Å². The number of nitrogens with one attached hydrogen (secondary N) is 4. The molecule has 1 aliphatic carbocycles. The Morgan fingerprint density at radius 3 is 2.58 bits per heavy atom. The zero-order chi connectivity index (χ0) is 22.8. The Bertz CT molecular complexity index is 1140. The van der Waals surface area contributed by atoms with Crippen molar-refractivity contribution in [2.24, 2.45) is 5.92 Å². The Morgan fingerprint density at radius 1 is 1.03 bits per heavy atom. The summed E-state index contributed by atoms with van der Waals surface area (Å²) in [7, 11) is 0. The highest BCUT2D eigenvalue weighted by Crippen LogP contribution is 2.31. The molecule has 3 unspecified atom stereocenters. The number of amides is 3. The minimum atomic E-state index is -0.538. The molecule has 0 spiro atoms. The van der Waals surface area contributed by atoms with Crippen LogP contribution < -0.4 is 21.3 Å². The average Bonchev–Trinajstić information content (AvgIpc) is 3.25. The number of rotatable bonds is 4. The van der Waals surface area contributed by atoms with E-state index in [0.29, 0.717) is 17.2 Å². The highest BCUT2D eigenvalue weighted by molar-refractivity contribution is 5.99. The third-order valence-corrected chi connectivity index (χ3v) is 6.35. The van der Waals surface area contributed by atoms with Crippen LogP contribution in [0.1, 0.15) is 37.5 Å². The summed E-state index contributed by atoms with van der Waals surface area (Å²) >= 11 is 0. The number of aryl methyl sites for hydroxylation is 1. The minimum Gasteiger partial charge on any atom is -0.322 e. The van der Waals surface area contributed by atoms with Gasteiger partial charge in [-0.25, -0.2) is 9.48 Å². The molecule has 2 heterocycles. The van der Waals surface area contributed by atoms with E-state index in [1.807, 2.05) is 67.6 Å². The Kier molecular flexibility index (Phi) is 5.83.